The van der Waals surface area contributed by atoms with Crippen LogP contribution in [-0.2, 0) is 4.79 Å². The van der Waals surface area contributed by atoms with E-state index in [1.165, 1.54) is 0 Å². The molecule has 1 aliphatic heterocycles. The second kappa shape index (κ2) is 3.05. The molecule has 1 heterocycles. The third-order valence-electron chi connectivity index (χ3n) is 2.25. The summed E-state index contributed by atoms with van der Waals surface area (Å²) in [7, 11) is 0. The number of nitrogens with zero attached hydrogens (tertiary/aromatic N) is 1. The Morgan fingerprint density at radius 3 is 2.45 bits per heavy atom. The van der Waals surface area contributed by atoms with Crippen molar-refractivity contribution < 1.29 is 4.79 Å². The van der Waals surface area contributed by atoms with Gasteiger partial charge >= 0.3 is 0 Å². The third kappa shape index (κ3) is 1.70. The van der Waals surface area contributed by atoms with Crippen molar-refractivity contribution in [1.29, 1.82) is 0 Å². The van der Waals surface area contributed by atoms with Crippen molar-refractivity contribution in [2.75, 3.05) is 24.6 Å². The smallest absolute Gasteiger partial charge is 0.225 e. The van der Waals surface area contributed by atoms with Crippen molar-refractivity contribution >= 4 is 17.7 Å². The monoisotopic (exact) mass is 171 g/mol. The molecule has 2 rings (SSSR count). The number of carbonyl (C=O) groups is 1. The first-order chi connectivity index (χ1) is 5.38. The minimum Gasteiger partial charge on any atom is -0.341 e. The molecule has 1 saturated heterocycles. The van der Waals surface area contributed by atoms with Gasteiger partial charge in [-0.2, -0.15) is 11.8 Å². The van der Waals surface area contributed by atoms with Gasteiger partial charge in [0.05, 0.1) is 0 Å². The SMILES string of the molecule is O=C(C1CC1)N1CCSCC1. The molecule has 2 aliphatic rings. The highest BCUT2D eigenvalue weighted by Crippen LogP contribution is 2.31. The maximum Gasteiger partial charge on any atom is 0.225 e. The summed E-state index contributed by atoms with van der Waals surface area (Å²) in [6, 6.07) is 0. The fourth-order valence-electron chi connectivity index (χ4n) is 1.37. The first-order valence-electron chi connectivity index (χ1n) is 4.24. The Labute approximate surface area is 71.3 Å². The van der Waals surface area contributed by atoms with Crippen LogP contribution in [0.2, 0.25) is 0 Å². The molecule has 1 amide bonds. The quantitative estimate of drug-likeness (QED) is 0.586. The van der Waals surface area contributed by atoms with Gasteiger partial charge in [0, 0.05) is 30.5 Å². The van der Waals surface area contributed by atoms with Gasteiger partial charge < -0.3 is 4.90 Å². The largest absolute Gasteiger partial charge is 0.341 e. The van der Waals surface area contributed by atoms with Gasteiger partial charge in [-0.05, 0) is 12.8 Å². The zero-order valence-electron chi connectivity index (χ0n) is 6.58. The second-order valence-corrected chi connectivity index (χ2v) is 4.44. The fraction of sp³-hybridized carbons (Fsp3) is 0.875. The molecule has 62 valence electrons. The van der Waals surface area contributed by atoms with Gasteiger partial charge in [0.15, 0.2) is 0 Å². The van der Waals surface area contributed by atoms with Crippen LogP contribution in [0.1, 0.15) is 12.8 Å². The summed E-state index contributed by atoms with van der Waals surface area (Å²) in [6.07, 6.45) is 2.28. The minimum atomic E-state index is 0.415. The number of rotatable bonds is 1. The summed E-state index contributed by atoms with van der Waals surface area (Å²) in [5, 5.41) is 0. The topological polar surface area (TPSA) is 20.3 Å². The van der Waals surface area contributed by atoms with Gasteiger partial charge in [0.1, 0.15) is 0 Å². The lowest BCUT2D eigenvalue weighted by Crippen LogP contribution is -2.38. The molecule has 3 heteroatoms. The molecule has 2 nitrogen and oxygen atoms in total. The molecule has 11 heavy (non-hydrogen) atoms. The predicted octanol–water partition coefficient (Wildman–Crippen LogP) is 0.972. The van der Waals surface area contributed by atoms with Gasteiger partial charge in [-0.3, -0.25) is 4.79 Å². The zero-order chi connectivity index (χ0) is 7.68. The number of thioether (sulfide) groups is 1. The van der Waals surface area contributed by atoms with Crippen molar-refractivity contribution in [3.05, 3.63) is 0 Å². The average molecular weight is 171 g/mol. The standard InChI is InChI=1S/C8H13NOS/c10-8(7-1-2-7)9-3-5-11-6-4-9/h7H,1-6H2. The van der Waals surface area contributed by atoms with Gasteiger partial charge in [-0.25, -0.2) is 0 Å². The van der Waals surface area contributed by atoms with E-state index in [4.69, 9.17) is 0 Å². The van der Waals surface area contributed by atoms with Crippen molar-refractivity contribution in [3.63, 3.8) is 0 Å². The summed E-state index contributed by atoms with van der Waals surface area (Å²) >= 11 is 1.95. The Balaban J connectivity index is 1.86. The van der Waals surface area contributed by atoms with Crippen molar-refractivity contribution in [1.82, 2.24) is 4.90 Å². The van der Waals surface area contributed by atoms with Gasteiger partial charge in [0.2, 0.25) is 5.91 Å². The fourth-order valence-corrected chi connectivity index (χ4v) is 2.28. The lowest BCUT2D eigenvalue weighted by atomic mass is 10.3. The molecule has 0 N–H and O–H groups in total. The van der Waals surface area contributed by atoms with Gasteiger partial charge in [-0.1, -0.05) is 0 Å². The van der Waals surface area contributed by atoms with Crippen LogP contribution in [0.3, 0.4) is 0 Å². The van der Waals surface area contributed by atoms with Crippen molar-refractivity contribution in [2.24, 2.45) is 5.92 Å². The molecule has 0 bridgehead atoms. The first kappa shape index (κ1) is 7.47. The number of carbonyl (C=O) groups excluding carboxylic acids is 1. The Hall–Kier alpha value is -0.180. The molecule has 0 aromatic carbocycles. The molecular formula is C8H13NOS. The van der Waals surface area contributed by atoms with E-state index < -0.39 is 0 Å². The highest BCUT2D eigenvalue weighted by Gasteiger charge is 2.33. The lowest BCUT2D eigenvalue weighted by molar-refractivity contribution is -0.132. The second-order valence-electron chi connectivity index (χ2n) is 3.21. The molecular weight excluding hydrogens is 158 g/mol. The Morgan fingerprint density at radius 2 is 1.91 bits per heavy atom. The number of amides is 1. The highest BCUT2D eigenvalue weighted by atomic mass is 32.2. The lowest BCUT2D eigenvalue weighted by Gasteiger charge is -2.26. The van der Waals surface area contributed by atoms with E-state index in [-0.39, 0.29) is 0 Å². The summed E-state index contributed by atoms with van der Waals surface area (Å²) in [6.45, 7) is 1.97. The summed E-state index contributed by atoms with van der Waals surface area (Å²) in [5.41, 5.74) is 0. The van der Waals surface area contributed by atoms with Crippen LogP contribution >= 0.6 is 11.8 Å². The van der Waals surface area contributed by atoms with Crippen LogP contribution in [0.5, 0.6) is 0 Å². The molecule has 2 fully saturated rings. The van der Waals surface area contributed by atoms with Crippen LogP contribution < -0.4 is 0 Å². The summed E-state index contributed by atoms with van der Waals surface area (Å²) in [5.74, 6) is 3.11. The van der Waals surface area contributed by atoms with Crippen LogP contribution in [0.25, 0.3) is 0 Å². The summed E-state index contributed by atoms with van der Waals surface area (Å²) < 4.78 is 0. The maximum absolute atomic E-state index is 11.5. The molecule has 0 radical (unpaired) electrons. The Morgan fingerprint density at radius 1 is 1.27 bits per heavy atom. The van der Waals surface area contributed by atoms with E-state index in [2.05, 4.69) is 0 Å². The predicted molar refractivity (Wildman–Crippen MR) is 46.6 cm³/mol. The molecule has 0 unspecified atom stereocenters. The summed E-state index contributed by atoms with van der Waals surface area (Å²) in [4.78, 5) is 13.5. The molecule has 0 aromatic heterocycles. The van der Waals surface area contributed by atoms with E-state index in [9.17, 15) is 4.79 Å². The van der Waals surface area contributed by atoms with E-state index in [1.54, 1.807) is 0 Å². The van der Waals surface area contributed by atoms with Gasteiger partial charge in [0.25, 0.3) is 0 Å². The molecule has 1 aliphatic carbocycles. The average Bonchev–Trinajstić information content (AvgIpc) is 2.87. The van der Waals surface area contributed by atoms with E-state index in [0.717, 1.165) is 37.4 Å². The van der Waals surface area contributed by atoms with E-state index in [1.807, 2.05) is 16.7 Å². The van der Waals surface area contributed by atoms with Gasteiger partial charge in [-0.15, -0.1) is 0 Å². The number of hydrogen-bond acceptors (Lipinski definition) is 2. The highest BCUT2D eigenvalue weighted by molar-refractivity contribution is 7.99. The van der Waals surface area contributed by atoms with Crippen LogP contribution in [0.15, 0.2) is 0 Å². The first-order valence-corrected chi connectivity index (χ1v) is 5.40. The van der Waals surface area contributed by atoms with Crippen LogP contribution in [-0.4, -0.2) is 35.4 Å². The van der Waals surface area contributed by atoms with E-state index >= 15 is 0 Å². The molecule has 0 spiro atoms. The minimum absolute atomic E-state index is 0.415. The van der Waals surface area contributed by atoms with Crippen LogP contribution in [0.4, 0.5) is 0 Å². The third-order valence-corrected chi connectivity index (χ3v) is 3.19. The van der Waals surface area contributed by atoms with Crippen molar-refractivity contribution in [3.8, 4) is 0 Å². The molecule has 1 saturated carbocycles. The zero-order valence-corrected chi connectivity index (χ0v) is 7.40. The van der Waals surface area contributed by atoms with Crippen molar-refractivity contribution in [2.45, 2.75) is 12.8 Å². The van der Waals surface area contributed by atoms with Crippen LogP contribution in [0, 0.1) is 5.92 Å². The maximum atomic E-state index is 11.5. The Kier molecular flexibility index (Phi) is 2.07. The molecule has 0 atom stereocenters. The number of hydrogen-bond donors (Lipinski definition) is 0. The molecule has 0 aromatic rings. The van der Waals surface area contributed by atoms with E-state index in [0.29, 0.717) is 11.8 Å². The Bertz CT molecular complexity index is 161. The normalized spacial score (nSPS) is 25.3.